The summed E-state index contributed by atoms with van der Waals surface area (Å²) in [6, 6.07) is 0. The summed E-state index contributed by atoms with van der Waals surface area (Å²) in [6.07, 6.45) is 5.44. The van der Waals surface area contributed by atoms with Gasteiger partial charge in [0, 0.05) is 37.5 Å². The summed E-state index contributed by atoms with van der Waals surface area (Å²) in [5, 5.41) is 10.1. The first-order valence-electron chi connectivity index (χ1n) is 8.48. The molecule has 1 aliphatic rings. The molecule has 2 aromatic heterocycles. The number of rotatable bonds is 5. The quantitative estimate of drug-likeness (QED) is 0.795. The number of hydrogen-bond acceptors (Lipinski definition) is 5. The highest BCUT2D eigenvalue weighted by atomic mass is 35.5. The lowest BCUT2D eigenvalue weighted by molar-refractivity contribution is 0.200. The molecule has 0 aromatic carbocycles. The molecule has 25 heavy (non-hydrogen) atoms. The van der Waals surface area contributed by atoms with E-state index in [2.05, 4.69) is 36.6 Å². The minimum atomic E-state index is 0.452. The zero-order chi connectivity index (χ0) is 18.0. The molecule has 0 amide bonds. The van der Waals surface area contributed by atoms with Gasteiger partial charge in [-0.25, -0.2) is 0 Å². The van der Waals surface area contributed by atoms with Gasteiger partial charge in [0.2, 0.25) is 0 Å². The van der Waals surface area contributed by atoms with Crippen LogP contribution in [0.4, 0.5) is 0 Å². The van der Waals surface area contributed by atoms with Gasteiger partial charge in [-0.05, 0) is 40.0 Å². The molecule has 2 aromatic rings. The first kappa shape index (κ1) is 18.6. The molecular formula is C17H24Cl2N6. The van der Waals surface area contributed by atoms with Gasteiger partial charge in [-0.1, -0.05) is 23.2 Å². The maximum atomic E-state index is 6.24. The van der Waals surface area contributed by atoms with Gasteiger partial charge in [0.1, 0.15) is 11.6 Å². The number of pyridine rings is 1. The van der Waals surface area contributed by atoms with Crippen LogP contribution in [0, 0.1) is 0 Å². The Balaban J connectivity index is 1.62. The fraction of sp³-hybridized carbons (Fsp3) is 0.588. The molecule has 3 heterocycles. The van der Waals surface area contributed by atoms with Crippen molar-refractivity contribution >= 4 is 23.2 Å². The van der Waals surface area contributed by atoms with Crippen LogP contribution in [0.5, 0.6) is 0 Å². The highest BCUT2D eigenvalue weighted by Crippen LogP contribution is 2.30. The van der Waals surface area contributed by atoms with E-state index in [1.165, 1.54) is 0 Å². The first-order chi connectivity index (χ1) is 12.0. The Labute approximate surface area is 158 Å². The van der Waals surface area contributed by atoms with E-state index in [1.807, 2.05) is 14.1 Å². The monoisotopic (exact) mass is 382 g/mol. The van der Waals surface area contributed by atoms with Gasteiger partial charge in [-0.2, -0.15) is 0 Å². The van der Waals surface area contributed by atoms with Crippen molar-refractivity contribution in [1.29, 1.82) is 0 Å². The maximum absolute atomic E-state index is 6.24. The molecule has 0 atom stereocenters. The van der Waals surface area contributed by atoms with Gasteiger partial charge in [-0.15, -0.1) is 10.2 Å². The average Bonchev–Trinajstić information content (AvgIpc) is 2.92. The van der Waals surface area contributed by atoms with Crippen LogP contribution >= 0.6 is 23.2 Å². The Morgan fingerprint density at radius 1 is 1.12 bits per heavy atom. The largest absolute Gasteiger partial charge is 0.317 e. The molecule has 0 saturated carbocycles. The molecule has 3 rings (SSSR count). The molecule has 0 radical (unpaired) electrons. The fourth-order valence-electron chi connectivity index (χ4n) is 3.31. The molecule has 0 bridgehead atoms. The van der Waals surface area contributed by atoms with E-state index < -0.39 is 0 Å². The molecule has 8 heteroatoms. The van der Waals surface area contributed by atoms with Crippen LogP contribution in [-0.4, -0.2) is 56.7 Å². The second kappa shape index (κ2) is 7.99. The third kappa shape index (κ3) is 4.31. The number of nitrogens with zero attached hydrogens (tertiary/aromatic N) is 6. The number of piperidine rings is 1. The topological polar surface area (TPSA) is 50.1 Å². The fourth-order valence-corrected chi connectivity index (χ4v) is 3.80. The summed E-state index contributed by atoms with van der Waals surface area (Å²) >= 11 is 12.5. The minimum absolute atomic E-state index is 0.452. The van der Waals surface area contributed by atoms with Crippen LogP contribution in [-0.2, 0) is 20.1 Å². The van der Waals surface area contributed by atoms with Crippen molar-refractivity contribution in [2.45, 2.75) is 31.8 Å². The van der Waals surface area contributed by atoms with Crippen molar-refractivity contribution < 1.29 is 0 Å². The van der Waals surface area contributed by atoms with Crippen LogP contribution in [0.15, 0.2) is 12.4 Å². The molecule has 1 saturated heterocycles. The minimum Gasteiger partial charge on any atom is -0.317 e. The van der Waals surface area contributed by atoms with Gasteiger partial charge < -0.3 is 9.47 Å². The molecule has 0 N–H and O–H groups in total. The zero-order valence-electron chi connectivity index (χ0n) is 14.9. The molecule has 1 aliphatic heterocycles. The second-order valence-electron chi connectivity index (χ2n) is 6.90. The predicted octanol–water partition coefficient (Wildman–Crippen LogP) is 2.96. The van der Waals surface area contributed by atoms with Gasteiger partial charge in [0.25, 0.3) is 0 Å². The van der Waals surface area contributed by atoms with Crippen molar-refractivity contribution in [2.75, 3.05) is 27.2 Å². The molecule has 1 fully saturated rings. The number of aromatic nitrogens is 4. The summed E-state index contributed by atoms with van der Waals surface area (Å²) in [6.45, 7) is 3.56. The van der Waals surface area contributed by atoms with E-state index in [1.54, 1.807) is 12.4 Å². The van der Waals surface area contributed by atoms with E-state index in [0.29, 0.717) is 16.0 Å². The van der Waals surface area contributed by atoms with Crippen LogP contribution in [0.25, 0.3) is 0 Å². The van der Waals surface area contributed by atoms with Crippen LogP contribution in [0.1, 0.15) is 36.0 Å². The maximum Gasteiger partial charge on any atom is 0.146 e. The van der Waals surface area contributed by atoms with Crippen molar-refractivity contribution in [2.24, 2.45) is 7.05 Å². The predicted molar refractivity (Wildman–Crippen MR) is 99.9 cm³/mol. The Kier molecular flexibility index (Phi) is 5.94. The van der Waals surface area contributed by atoms with Gasteiger partial charge >= 0.3 is 0 Å². The van der Waals surface area contributed by atoms with E-state index in [-0.39, 0.29) is 0 Å². The molecule has 0 unspecified atom stereocenters. The molecule has 0 spiro atoms. The first-order valence-corrected chi connectivity index (χ1v) is 9.24. The Morgan fingerprint density at radius 2 is 1.76 bits per heavy atom. The van der Waals surface area contributed by atoms with Gasteiger partial charge in [-0.3, -0.25) is 9.88 Å². The smallest absolute Gasteiger partial charge is 0.146 e. The van der Waals surface area contributed by atoms with E-state index in [0.717, 1.165) is 56.2 Å². The summed E-state index contributed by atoms with van der Waals surface area (Å²) in [4.78, 5) is 8.52. The third-order valence-corrected chi connectivity index (χ3v) is 5.39. The van der Waals surface area contributed by atoms with Gasteiger partial charge in [0.05, 0.1) is 16.6 Å². The Morgan fingerprint density at radius 3 is 2.36 bits per heavy atom. The highest BCUT2D eigenvalue weighted by molar-refractivity contribution is 6.35. The lowest BCUT2D eigenvalue weighted by Gasteiger charge is -2.31. The van der Waals surface area contributed by atoms with E-state index in [9.17, 15) is 0 Å². The lowest BCUT2D eigenvalue weighted by atomic mass is 9.95. The Hall–Kier alpha value is -1.21. The normalized spacial score (nSPS) is 16.7. The molecule has 136 valence electrons. The van der Waals surface area contributed by atoms with Crippen LogP contribution in [0.2, 0.25) is 10.0 Å². The summed E-state index contributed by atoms with van der Waals surface area (Å²) < 4.78 is 2.15. The third-order valence-electron chi connectivity index (χ3n) is 4.74. The SMILES string of the molecule is CN(C)Cc1nnc(C2CCN(Cc3c(Cl)cncc3Cl)CC2)n1C. The number of likely N-dealkylation sites (tertiary alicyclic amines) is 1. The Bertz CT molecular complexity index is 702. The van der Waals surface area contributed by atoms with Crippen molar-refractivity contribution in [3.63, 3.8) is 0 Å². The zero-order valence-corrected chi connectivity index (χ0v) is 16.4. The summed E-state index contributed by atoms with van der Waals surface area (Å²) in [7, 11) is 6.15. The van der Waals surface area contributed by atoms with Crippen molar-refractivity contribution in [3.8, 4) is 0 Å². The van der Waals surface area contributed by atoms with Crippen LogP contribution in [0.3, 0.4) is 0 Å². The van der Waals surface area contributed by atoms with Crippen molar-refractivity contribution in [1.82, 2.24) is 29.5 Å². The average molecular weight is 383 g/mol. The second-order valence-corrected chi connectivity index (χ2v) is 7.72. The van der Waals surface area contributed by atoms with E-state index in [4.69, 9.17) is 23.2 Å². The highest BCUT2D eigenvalue weighted by Gasteiger charge is 2.26. The van der Waals surface area contributed by atoms with Crippen LogP contribution < -0.4 is 0 Å². The van der Waals surface area contributed by atoms with Gasteiger partial charge in [0.15, 0.2) is 0 Å². The molecule has 6 nitrogen and oxygen atoms in total. The van der Waals surface area contributed by atoms with E-state index >= 15 is 0 Å². The molecular weight excluding hydrogens is 359 g/mol. The number of hydrogen-bond donors (Lipinski definition) is 0. The summed E-state index contributed by atoms with van der Waals surface area (Å²) in [5.41, 5.74) is 0.962. The molecule has 0 aliphatic carbocycles. The lowest BCUT2D eigenvalue weighted by Crippen LogP contribution is -2.33. The summed E-state index contributed by atoms with van der Waals surface area (Å²) in [5.74, 6) is 2.56. The standard InChI is InChI=1S/C17H24Cl2N6/c1-23(2)11-16-21-22-17(24(16)3)12-4-6-25(7-5-12)10-13-14(18)8-20-9-15(13)19/h8-9,12H,4-7,10-11H2,1-3H3. The van der Waals surface area contributed by atoms with Crippen molar-refractivity contribution in [3.05, 3.63) is 39.7 Å². The number of halogens is 2.